The first-order chi connectivity index (χ1) is 9.76. The second-order valence-electron chi connectivity index (χ2n) is 7.35. The molecule has 0 unspecified atom stereocenters. The number of aromatic nitrogens is 1. The number of aryl methyl sites for hydroxylation is 1. The molecule has 1 aromatic heterocycles. The van der Waals surface area contributed by atoms with Crippen LogP contribution < -0.4 is 4.90 Å². The summed E-state index contributed by atoms with van der Waals surface area (Å²) in [5.41, 5.74) is 2.05. The Morgan fingerprint density at radius 2 is 1.90 bits per heavy atom. The van der Waals surface area contributed by atoms with Gasteiger partial charge in [-0.2, -0.15) is 0 Å². The maximum Gasteiger partial charge on any atom is 0.410 e. The van der Waals surface area contributed by atoms with Crippen LogP contribution in [0.15, 0.2) is 18.3 Å². The van der Waals surface area contributed by atoms with Crippen molar-refractivity contribution in [3.8, 4) is 0 Å². The van der Waals surface area contributed by atoms with Gasteiger partial charge < -0.3 is 14.5 Å². The number of ether oxygens (including phenoxy) is 1. The predicted octanol–water partition coefficient (Wildman–Crippen LogP) is 2.45. The molecule has 0 atom stereocenters. The minimum absolute atomic E-state index is 0.191. The molecule has 114 valence electrons. The second-order valence-corrected chi connectivity index (χ2v) is 7.35. The van der Waals surface area contributed by atoms with Crippen LogP contribution in [0.3, 0.4) is 0 Å². The van der Waals surface area contributed by atoms with Crippen LogP contribution in [0.25, 0.3) is 0 Å². The van der Waals surface area contributed by atoms with E-state index in [1.165, 1.54) is 5.69 Å². The molecule has 5 nitrogen and oxygen atoms in total. The van der Waals surface area contributed by atoms with E-state index < -0.39 is 5.60 Å². The zero-order chi connectivity index (χ0) is 15.3. The van der Waals surface area contributed by atoms with Gasteiger partial charge in [0.05, 0.1) is 11.9 Å². The molecular weight excluding hydrogens is 266 g/mol. The van der Waals surface area contributed by atoms with E-state index in [0.717, 1.165) is 31.9 Å². The average Bonchev–Trinajstić information content (AvgIpc) is 2.25. The highest BCUT2D eigenvalue weighted by Gasteiger charge is 2.54. The van der Waals surface area contributed by atoms with Gasteiger partial charge in [0.2, 0.25) is 0 Å². The summed E-state index contributed by atoms with van der Waals surface area (Å²) < 4.78 is 5.39. The third-order valence-corrected chi connectivity index (χ3v) is 4.02. The topological polar surface area (TPSA) is 45.7 Å². The van der Waals surface area contributed by atoms with E-state index >= 15 is 0 Å². The van der Waals surface area contributed by atoms with Crippen LogP contribution in [-0.2, 0) is 4.74 Å². The first-order valence-corrected chi connectivity index (χ1v) is 7.42. The molecule has 2 aliphatic heterocycles. The van der Waals surface area contributed by atoms with Gasteiger partial charge in [0.15, 0.2) is 0 Å². The minimum Gasteiger partial charge on any atom is -0.444 e. The van der Waals surface area contributed by atoms with Crippen molar-refractivity contribution in [3.63, 3.8) is 0 Å². The molecule has 0 N–H and O–H groups in total. The van der Waals surface area contributed by atoms with Gasteiger partial charge in [-0.3, -0.25) is 4.98 Å². The van der Waals surface area contributed by atoms with Crippen LogP contribution >= 0.6 is 0 Å². The summed E-state index contributed by atoms with van der Waals surface area (Å²) in [7, 11) is 0. The largest absolute Gasteiger partial charge is 0.444 e. The van der Waals surface area contributed by atoms with E-state index in [0.29, 0.717) is 0 Å². The first-order valence-electron chi connectivity index (χ1n) is 7.42. The highest BCUT2D eigenvalue weighted by atomic mass is 16.6. The Balaban J connectivity index is 1.50. The molecule has 2 aliphatic rings. The number of pyridine rings is 1. The van der Waals surface area contributed by atoms with Crippen LogP contribution in [0.1, 0.15) is 26.5 Å². The van der Waals surface area contributed by atoms with E-state index in [1.54, 1.807) is 4.90 Å². The van der Waals surface area contributed by atoms with E-state index in [-0.39, 0.29) is 11.5 Å². The Morgan fingerprint density at radius 1 is 1.24 bits per heavy atom. The lowest BCUT2D eigenvalue weighted by molar-refractivity contribution is -0.0453. The summed E-state index contributed by atoms with van der Waals surface area (Å²) >= 11 is 0. The summed E-state index contributed by atoms with van der Waals surface area (Å²) in [6.07, 6.45) is 1.73. The van der Waals surface area contributed by atoms with Gasteiger partial charge in [-0.05, 0) is 39.8 Å². The molecular formula is C16H23N3O2. The van der Waals surface area contributed by atoms with Gasteiger partial charge >= 0.3 is 6.09 Å². The van der Waals surface area contributed by atoms with Gasteiger partial charge in [0.1, 0.15) is 5.60 Å². The Morgan fingerprint density at radius 3 is 2.43 bits per heavy atom. The minimum atomic E-state index is -0.418. The smallest absolute Gasteiger partial charge is 0.410 e. The number of anilines is 1. The molecule has 1 spiro atoms. The lowest BCUT2D eigenvalue weighted by atomic mass is 9.73. The van der Waals surface area contributed by atoms with E-state index in [2.05, 4.69) is 16.0 Å². The Labute approximate surface area is 125 Å². The molecule has 0 bridgehead atoms. The number of rotatable bonds is 1. The van der Waals surface area contributed by atoms with E-state index in [9.17, 15) is 4.79 Å². The maximum atomic E-state index is 11.9. The van der Waals surface area contributed by atoms with Gasteiger partial charge in [0.25, 0.3) is 0 Å². The van der Waals surface area contributed by atoms with Gasteiger partial charge in [-0.25, -0.2) is 4.79 Å². The summed E-state index contributed by atoms with van der Waals surface area (Å²) in [6, 6.07) is 4.15. The van der Waals surface area contributed by atoms with E-state index in [4.69, 9.17) is 4.74 Å². The molecule has 1 aromatic rings. The number of likely N-dealkylation sites (tertiary alicyclic amines) is 1. The van der Waals surface area contributed by atoms with Crippen LogP contribution in [-0.4, -0.2) is 47.8 Å². The van der Waals surface area contributed by atoms with Gasteiger partial charge in [-0.1, -0.05) is 0 Å². The first kappa shape index (κ1) is 14.2. The van der Waals surface area contributed by atoms with Crippen molar-refractivity contribution in [2.75, 3.05) is 31.1 Å². The summed E-state index contributed by atoms with van der Waals surface area (Å²) in [6.45, 7) is 11.3. The third kappa shape index (κ3) is 2.82. The van der Waals surface area contributed by atoms with Crippen molar-refractivity contribution < 1.29 is 9.53 Å². The second kappa shape index (κ2) is 4.61. The van der Waals surface area contributed by atoms with Crippen molar-refractivity contribution in [2.45, 2.75) is 33.3 Å². The molecule has 5 heteroatoms. The van der Waals surface area contributed by atoms with Crippen LogP contribution in [0.5, 0.6) is 0 Å². The fourth-order valence-corrected chi connectivity index (χ4v) is 3.01. The number of carbonyl (C=O) groups is 1. The van der Waals surface area contributed by atoms with Crippen LogP contribution in [0, 0.1) is 12.3 Å². The molecule has 1 amide bonds. The molecule has 3 rings (SSSR count). The van der Waals surface area contributed by atoms with E-state index in [1.807, 2.05) is 40.0 Å². The van der Waals surface area contributed by atoms with Gasteiger partial charge in [0, 0.05) is 37.3 Å². The van der Waals surface area contributed by atoms with Crippen LogP contribution in [0.2, 0.25) is 0 Å². The predicted molar refractivity (Wildman–Crippen MR) is 81.4 cm³/mol. The summed E-state index contributed by atoms with van der Waals surface area (Å²) in [5, 5.41) is 0. The molecule has 21 heavy (non-hydrogen) atoms. The molecule has 0 aromatic carbocycles. The Kier molecular flexibility index (Phi) is 3.11. The quantitative estimate of drug-likeness (QED) is 0.796. The van der Waals surface area contributed by atoms with Crippen molar-refractivity contribution in [2.24, 2.45) is 5.41 Å². The van der Waals surface area contributed by atoms with Gasteiger partial charge in [-0.15, -0.1) is 0 Å². The number of nitrogens with zero attached hydrogens (tertiary/aromatic N) is 3. The Bertz CT molecular complexity index is 534. The average molecular weight is 289 g/mol. The fraction of sp³-hybridized carbons (Fsp3) is 0.625. The zero-order valence-corrected chi connectivity index (χ0v) is 13.2. The molecule has 2 fully saturated rings. The fourth-order valence-electron chi connectivity index (χ4n) is 3.01. The highest BCUT2D eigenvalue weighted by Crippen LogP contribution is 2.42. The normalized spacial score (nSPS) is 20.0. The molecule has 0 aliphatic carbocycles. The maximum absolute atomic E-state index is 11.9. The molecule has 2 saturated heterocycles. The van der Waals surface area contributed by atoms with Crippen molar-refractivity contribution in [3.05, 3.63) is 24.0 Å². The highest BCUT2D eigenvalue weighted by molar-refractivity contribution is 5.70. The molecule has 0 radical (unpaired) electrons. The number of amides is 1. The molecule has 0 saturated carbocycles. The SMILES string of the molecule is Cc1ccc(N2CC3(CN(C(=O)OC(C)(C)C)C3)C2)cn1. The lowest BCUT2D eigenvalue weighted by Gasteiger charge is -2.60. The Hall–Kier alpha value is -1.78. The monoisotopic (exact) mass is 289 g/mol. The zero-order valence-electron chi connectivity index (χ0n) is 13.2. The lowest BCUT2D eigenvalue weighted by Crippen LogP contribution is -2.73. The number of hydrogen-bond donors (Lipinski definition) is 0. The number of carbonyl (C=O) groups excluding carboxylic acids is 1. The van der Waals surface area contributed by atoms with Crippen molar-refractivity contribution >= 4 is 11.8 Å². The number of hydrogen-bond acceptors (Lipinski definition) is 4. The standard InChI is InChI=1S/C16H23N3O2/c1-12-5-6-13(7-17-12)18-8-16(9-18)10-19(11-16)14(20)21-15(2,3)4/h5-7H,8-11H2,1-4H3. The summed E-state index contributed by atoms with van der Waals surface area (Å²) in [4.78, 5) is 20.4. The molecule has 3 heterocycles. The van der Waals surface area contributed by atoms with Crippen molar-refractivity contribution in [1.29, 1.82) is 0 Å². The third-order valence-electron chi connectivity index (χ3n) is 4.02. The summed E-state index contributed by atoms with van der Waals surface area (Å²) in [5.74, 6) is 0. The van der Waals surface area contributed by atoms with Crippen molar-refractivity contribution in [1.82, 2.24) is 9.88 Å². The van der Waals surface area contributed by atoms with Crippen LogP contribution in [0.4, 0.5) is 10.5 Å².